The number of thiazole rings is 1. The van der Waals surface area contributed by atoms with Gasteiger partial charge in [-0.3, -0.25) is 4.90 Å². The number of hydrogen-bond acceptors (Lipinski definition) is 9. The summed E-state index contributed by atoms with van der Waals surface area (Å²) in [6.45, 7) is 4.33. The summed E-state index contributed by atoms with van der Waals surface area (Å²) in [5.41, 5.74) is 2.25. The van der Waals surface area contributed by atoms with Crippen LogP contribution in [-0.4, -0.2) is 57.4 Å². The molecule has 2 aromatic carbocycles. The van der Waals surface area contributed by atoms with Gasteiger partial charge in [0.2, 0.25) is 5.75 Å². The van der Waals surface area contributed by atoms with E-state index in [2.05, 4.69) is 9.80 Å². The first-order chi connectivity index (χ1) is 16.1. The third-order valence-corrected chi connectivity index (χ3v) is 7.13. The van der Waals surface area contributed by atoms with Crippen molar-refractivity contribution >= 4 is 37.7 Å². The first-order valence-electron chi connectivity index (χ1n) is 10.7. The zero-order chi connectivity index (χ0) is 22.9. The fourth-order valence-corrected chi connectivity index (χ4v) is 5.42. The first-order valence-corrected chi connectivity index (χ1v) is 11.5. The average Bonchev–Trinajstić information content (AvgIpc) is 3.28. The van der Waals surface area contributed by atoms with E-state index < -0.39 is 0 Å². The van der Waals surface area contributed by atoms with Crippen LogP contribution in [0.5, 0.6) is 17.2 Å². The number of ether oxygens (including phenoxy) is 3. The van der Waals surface area contributed by atoms with Crippen molar-refractivity contribution in [1.82, 2.24) is 9.88 Å². The second kappa shape index (κ2) is 8.92. The molecule has 0 unspecified atom stereocenters. The van der Waals surface area contributed by atoms with Gasteiger partial charge in [0, 0.05) is 49.7 Å². The maximum atomic E-state index is 11.5. The fourth-order valence-electron chi connectivity index (χ4n) is 4.28. The van der Waals surface area contributed by atoms with Gasteiger partial charge >= 0.3 is 5.63 Å². The van der Waals surface area contributed by atoms with Crippen LogP contribution in [0, 0.1) is 0 Å². The summed E-state index contributed by atoms with van der Waals surface area (Å²) in [7, 11) is 4.90. The number of aromatic nitrogens is 1. The van der Waals surface area contributed by atoms with Crippen LogP contribution in [0.25, 0.3) is 21.2 Å². The van der Waals surface area contributed by atoms with Gasteiger partial charge in [0.15, 0.2) is 16.6 Å². The Kier molecular flexibility index (Phi) is 5.82. The Labute approximate surface area is 194 Å². The maximum absolute atomic E-state index is 11.5. The molecule has 1 aliphatic heterocycles. The Hall–Kier alpha value is -3.30. The first kappa shape index (κ1) is 21.5. The van der Waals surface area contributed by atoms with Crippen LogP contribution < -0.4 is 24.7 Å². The fraction of sp³-hybridized carbons (Fsp3) is 0.333. The van der Waals surface area contributed by atoms with Gasteiger partial charge in [-0.1, -0.05) is 17.4 Å². The molecule has 8 nitrogen and oxygen atoms in total. The Morgan fingerprint density at radius 2 is 1.73 bits per heavy atom. The van der Waals surface area contributed by atoms with Crippen LogP contribution in [0.4, 0.5) is 5.13 Å². The minimum Gasteiger partial charge on any atom is -0.493 e. The minimum atomic E-state index is -0.339. The van der Waals surface area contributed by atoms with Crippen molar-refractivity contribution in [3.8, 4) is 17.2 Å². The number of anilines is 1. The molecule has 0 spiro atoms. The summed E-state index contributed by atoms with van der Waals surface area (Å²) in [5.74, 6) is 1.99. The molecule has 0 N–H and O–H groups in total. The molecule has 1 saturated heterocycles. The number of hydrogen-bond donors (Lipinski definition) is 0. The Bertz CT molecular complexity index is 1360. The van der Waals surface area contributed by atoms with Crippen LogP contribution in [0.3, 0.4) is 0 Å². The van der Waals surface area contributed by atoms with E-state index in [-0.39, 0.29) is 5.63 Å². The van der Waals surface area contributed by atoms with Gasteiger partial charge < -0.3 is 23.5 Å². The molecule has 0 radical (unpaired) electrons. The van der Waals surface area contributed by atoms with E-state index in [1.54, 1.807) is 32.7 Å². The van der Waals surface area contributed by atoms with Gasteiger partial charge in [-0.05, 0) is 24.3 Å². The summed E-state index contributed by atoms with van der Waals surface area (Å²) in [6.07, 6.45) is 0. The van der Waals surface area contributed by atoms with Crippen LogP contribution in [0.1, 0.15) is 5.56 Å². The molecule has 0 saturated carbocycles. The molecule has 4 aromatic rings. The van der Waals surface area contributed by atoms with Crippen molar-refractivity contribution in [2.45, 2.75) is 6.54 Å². The standard InChI is InChI=1S/C24H25N3O5S/c1-29-19-7-4-15(21(30-2)22(19)31-3)14-26-10-12-27(13-11-26)24-25-17-6-8-18-16(23(17)33-24)5-9-20(28)32-18/h4-9H,10-14H2,1-3H3. The topological polar surface area (TPSA) is 77.3 Å². The van der Waals surface area contributed by atoms with E-state index in [1.165, 1.54) is 6.07 Å². The minimum absolute atomic E-state index is 0.339. The van der Waals surface area contributed by atoms with Crippen molar-refractivity contribution in [1.29, 1.82) is 0 Å². The SMILES string of the molecule is COc1ccc(CN2CCN(c3nc4ccc5oc(=O)ccc5c4s3)CC2)c(OC)c1OC. The number of methoxy groups -OCH3 is 3. The number of rotatable bonds is 6. The molecule has 0 amide bonds. The lowest BCUT2D eigenvalue weighted by molar-refractivity contribution is 0.243. The van der Waals surface area contributed by atoms with Crippen LogP contribution in [0.2, 0.25) is 0 Å². The highest BCUT2D eigenvalue weighted by molar-refractivity contribution is 7.23. The summed E-state index contributed by atoms with van der Waals surface area (Å²) < 4.78 is 22.9. The lowest BCUT2D eigenvalue weighted by atomic mass is 10.1. The molecule has 5 rings (SSSR count). The molecular weight excluding hydrogens is 442 g/mol. The highest BCUT2D eigenvalue weighted by Crippen LogP contribution is 2.40. The largest absolute Gasteiger partial charge is 0.493 e. The van der Waals surface area contributed by atoms with E-state index >= 15 is 0 Å². The van der Waals surface area contributed by atoms with E-state index in [4.69, 9.17) is 23.6 Å². The summed E-state index contributed by atoms with van der Waals surface area (Å²) in [6, 6.07) is 11.0. The van der Waals surface area contributed by atoms with E-state index in [9.17, 15) is 4.79 Å². The zero-order valence-corrected chi connectivity index (χ0v) is 19.6. The van der Waals surface area contributed by atoms with Gasteiger partial charge in [-0.25, -0.2) is 9.78 Å². The molecule has 33 heavy (non-hydrogen) atoms. The Balaban J connectivity index is 1.32. The smallest absolute Gasteiger partial charge is 0.336 e. The monoisotopic (exact) mass is 467 g/mol. The Morgan fingerprint density at radius 1 is 0.939 bits per heavy atom. The van der Waals surface area contributed by atoms with Crippen molar-refractivity contribution in [3.05, 3.63) is 52.4 Å². The predicted molar refractivity (Wildman–Crippen MR) is 129 cm³/mol. The van der Waals surface area contributed by atoms with Gasteiger partial charge in [0.05, 0.1) is 31.5 Å². The molecule has 1 fully saturated rings. The summed E-state index contributed by atoms with van der Waals surface area (Å²) in [4.78, 5) is 21.1. The molecular formula is C24H25N3O5S. The summed E-state index contributed by atoms with van der Waals surface area (Å²) >= 11 is 1.64. The molecule has 3 heterocycles. The van der Waals surface area contributed by atoms with E-state index in [0.717, 1.165) is 59.0 Å². The van der Waals surface area contributed by atoms with Gasteiger partial charge in [-0.15, -0.1) is 0 Å². The number of fused-ring (bicyclic) bond motifs is 3. The number of nitrogens with zero attached hydrogens (tertiary/aromatic N) is 3. The van der Waals surface area contributed by atoms with Crippen LogP contribution in [-0.2, 0) is 6.54 Å². The lowest BCUT2D eigenvalue weighted by Gasteiger charge is -2.34. The van der Waals surface area contributed by atoms with Gasteiger partial charge in [0.1, 0.15) is 5.58 Å². The lowest BCUT2D eigenvalue weighted by Crippen LogP contribution is -2.46. The van der Waals surface area contributed by atoms with E-state index in [0.29, 0.717) is 22.8 Å². The third-order valence-electron chi connectivity index (χ3n) is 5.96. The van der Waals surface area contributed by atoms with Gasteiger partial charge in [0.25, 0.3) is 0 Å². The van der Waals surface area contributed by atoms with Crippen molar-refractivity contribution in [2.24, 2.45) is 0 Å². The maximum Gasteiger partial charge on any atom is 0.336 e. The molecule has 172 valence electrons. The Morgan fingerprint density at radius 3 is 2.45 bits per heavy atom. The highest BCUT2D eigenvalue weighted by Gasteiger charge is 2.23. The van der Waals surface area contributed by atoms with Crippen molar-refractivity contribution in [2.75, 3.05) is 52.4 Å². The van der Waals surface area contributed by atoms with Crippen molar-refractivity contribution in [3.63, 3.8) is 0 Å². The third kappa shape index (κ3) is 3.98. The number of benzene rings is 2. The predicted octanol–water partition coefficient (Wildman–Crippen LogP) is 3.75. The number of piperazine rings is 1. The van der Waals surface area contributed by atoms with Crippen molar-refractivity contribution < 1.29 is 18.6 Å². The average molecular weight is 468 g/mol. The zero-order valence-electron chi connectivity index (χ0n) is 18.8. The van der Waals surface area contributed by atoms with E-state index in [1.807, 2.05) is 30.3 Å². The normalized spacial score (nSPS) is 14.7. The molecule has 0 atom stereocenters. The molecule has 1 aliphatic rings. The molecule has 0 bridgehead atoms. The summed E-state index contributed by atoms with van der Waals surface area (Å²) in [5, 5.41) is 1.92. The molecule has 2 aromatic heterocycles. The second-order valence-electron chi connectivity index (χ2n) is 7.83. The second-order valence-corrected chi connectivity index (χ2v) is 8.81. The quantitative estimate of drug-likeness (QED) is 0.397. The highest BCUT2D eigenvalue weighted by atomic mass is 32.1. The van der Waals surface area contributed by atoms with Gasteiger partial charge in [-0.2, -0.15) is 0 Å². The van der Waals surface area contributed by atoms with Crippen LogP contribution >= 0.6 is 11.3 Å². The molecule has 9 heteroatoms. The van der Waals surface area contributed by atoms with Crippen LogP contribution in [0.15, 0.2) is 45.6 Å². The molecule has 0 aliphatic carbocycles.